The van der Waals surface area contributed by atoms with Gasteiger partial charge in [0.1, 0.15) is 0 Å². The van der Waals surface area contributed by atoms with E-state index in [-0.39, 0.29) is 17.3 Å². The third-order valence-electron chi connectivity index (χ3n) is 1.43. The number of rotatable bonds is 7. The van der Waals surface area contributed by atoms with Gasteiger partial charge < -0.3 is 11.1 Å². The average Bonchev–Trinajstić information content (AvgIpc) is 2.02. The summed E-state index contributed by atoms with van der Waals surface area (Å²) in [7, 11) is 0. The molecule has 0 saturated heterocycles. The molecule has 3 N–H and O–H groups in total. The summed E-state index contributed by atoms with van der Waals surface area (Å²) in [5, 5.41) is 2.76. The van der Waals surface area contributed by atoms with Crippen LogP contribution < -0.4 is 11.1 Å². The number of nitrogens with one attached hydrogen (secondary N) is 1. The molecular weight excluding hydrogens is 204 g/mol. The van der Waals surface area contributed by atoms with Crippen molar-refractivity contribution in [1.82, 2.24) is 5.32 Å². The van der Waals surface area contributed by atoms with Crippen LogP contribution in [0, 0.1) is 0 Å². The zero-order chi connectivity index (χ0) is 10.1. The largest absolute Gasteiger partial charge is 0.393 e. The Morgan fingerprint density at radius 1 is 1.54 bits per heavy atom. The van der Waals surface area contributed by atoms with Crippen LogP contribution >= 0.6 is 24.0 Å². The molecule has 0 unspecified atom stereocenters. The highest BCUT2D eigenvalue weighted by Crippen LogP contribution is 1.97. The number of thiocarbonyl (C=S) groups is 1. The molecular formula is C8H16N2OS2. The van der Waals surface area contributed by atoms with Crippen LogP contribution in [0.25, 0.3) is 0 Å². The summed E-state index contributed by atoms with van der Waals surface area (Å²) in [6.45, 7) is 0.724. The fourth-order valence-electron chi connectivity index (χ4n) is 0.820. The van der Waals surface area contributed by atoms with Crippen LogP contribution in [0.2, 0.25) is 0 Å². The molecule has 0 heterocycles. The Bertz CT molecular complexity index is 174. The first-order valence-electron chi connectivity index (χ1n) is 4.20. The second-order valence-corrected chi connectivity index (χ2v) is 4.20. The summed E-state index contributed by atoms with van der Waals surface area (Å²) in [5.41, 5.74) is 5.21. The lowest BCUT2D eigenvalue weighted by atomic mass is 10.3. The summed E-state index contributed by atoms with van der Waals surface area (Å²) >= 11 is 6.42. The lowest BCUT2D eigenvalue weighted by Crippen LogP contribution is -2.28. The van der Waals surface area contributed by atoms with Crippen LogP contribution in [0.1, 0.15) is 19.3 Å². The lowest BCUT2D eigenvalue weighted by Gasteiger charge is -2.03. The van der Waals surface area contributed by atoms with Crippen molar-refractivity contribution >= 4 is 34.9 Å². The molecule has 0 aromatic rings. The second-order valence-electron chi connectivity index (χ2n) is 2.69. The Morgan fingerprint density at radius 2 is 2.23 bits per heavy atom. The third-order valence-corrected chi connectivity index (χ3v) is 2.27. The van der Waals surface area contributed by atoms with E-state index < -0.39 is 0 Å². The molecule has 0 fully saturated rings. The number of hydrogen-bond donors (Lipinski definition) is 2. The minimum Gasteiger partial charge on any atom is -0.393 e. The van der Waals surface area contributed by atoms with Crippen LogP contribution in [0.5, 0.6) is 0 Å². The van der Waals surface area contributed by atoms with Gasteiger partial charge in [0.15, 0.2) is 0 Å². The van der Waals surface area contributed by atoms with E-state index in [4.69, 9.17) is 5.73 Å². The molecule has 0 aliphatic heterocycles. The summed E-state index contributed by atoms with van der Waals surface area (Å²) in [5.74, 6) is 1.07. The number of carbonyl (C=O) groups excluding carboxylic acids is 1. The van der Waals surface area contributed by atoms with Gasteiger partial charge >= 0.3 is 0 Å². The van der Waals surface area contributed by atoms with Crippen LogP contribution in [0.15, 0.2) is 0 Å². The highest BCUT2D eigenvalue weighted by atomic mass is 32.2. The number of hydrogen-bond acceptors (Lipinski definition) is 3. The molecule has 13 heavy (non-hydrogen) atoms. The number of carbonyl (C=O) groups is 1. The Balaban J connectivity index is 3.22. The number of amides is 1. The van der Waals surface area contributed by atoms with Gasteiger partial charge in [0, 0.05) is 6.54 Å². The minimum absolute atomic E-state index is 0.0725. The summed E-state index contributed by atoms with van der Waals surface area (Å²) in [4.78, 5) is 11.3. The lowest BCUT2D eigenvalue weighted by molar-refractivity contribution is -0.119. The molecule has 0 rings (SSSR count). The molecule has 0 aliphatic carbocycles. The van der Waals surface area contributed by atoms with Gasteiger partial charge in [0.25, 0.3) is 0 Å². The fraction of sp³-hybridized carbons (Fsp3) is 0.750. The first-order valence-corrected chi connectivity index (χ1v) is 6.01. The first-order chi connectivity index (χ1) is 6.16. The maximum Gasteiger partial charge on any atom is 0.226 e. The molecule has 76 valence electrons. The quantitative estimate of drug-likeness (QED) is 0.495. The Morgan fingerprint density at radius 3 is 2.77 bits per heavy atom. The number of nitrogens with two attached hydrogens (primary N) is 1. The zero-order valence-electron chi connectivity index (χ0n) is 7.84. The Labute approximate surface area is 88.8 Å². The van der Waals surface area contributed by atoms with Crippen LogP contribution in [-0.4, -0.2) is 29.4 Å². The molecule has 1 amide bonds. The summed E-state index contributed by atoms with van der Waals surface area (Å²) in [6, 6.07) is 0. The van der Waals surface area contributed by atoms with Crippen molar-refractivity contribution in [3.05, 3.63) is 0 Å². The molecule has 0 aromatic carbocycles. The van der Waals surface area contributed by atoms with E-state index in [2.05, 4.69) is 23.8 Å². The Hall–Kier alpha value is -0.290. The summed E-state index contributed by atoms with van der Waals surface area (Å²) < 4.78 is 0. The van der Waals surface area contributed by atoms with Gasteiger partial charge in [-0.2, -0.15) is 11.8 Å². The molecule has 0 bridgehead atoms. The molecule has 0 aromatic heterocycles. The van der Waals surface area contributed by atoms with Crippen molar-refractivity contribution in [3.8, 4) is 0 Å². The van der Waals surface area contributed by atoms with Crippen molar-refractivity contribution in [1.29, 1.82) is 0 Å². The monoisotopic (exact) mass is 220 g/mol. The highest BCUT2D eigenvalue weighted by molar-refractivity contribution is 7.98. The Kier molecular flexibility index (Phi) is 8.13. The van der Waals surface area contributed by atoms with Gasteiger partial charge in [-0.25, -0.2) is 0 Å². The van der Waals surface area contributed by atoms with E-state index in [1.165, 1.54) is 0 Å². The molecule has 5 heteroatoms. The van der Waals surface area contributed by atoms with Gasteiger partial charge in [-0.1, -0.05) is 12.2 Å². The van der Waals surface area contributed by atoms with Gasteiger partial charge in [0.05, 0.1) is 11.4 Å². The summed E-state index contributed by atoms with van der Waals surface area (Å²) in [6.07, 6.45) is 4.39. The standard InChI is InChI=1S/C8H16N2OS2/c1-13-5-3-2-4-10-8(11)6-7(9)12/h2-6H2,1H3,(H2,9,12)(H,10,11). The molecule has 3 nitrogen and oxygen atoms in total. The van der Waals surface area contributed by atoms with Crippen LogP contribution in [0.4, 0.5) is 0 Å². The molecule has 0 aliphatic rings. The van der Waals surface area contributed by atoms with E-state index >= 15 is 0 Å². The van der Waals surface area contributed by atoms with Crippen molar-refractivity contribution in [2.24, 2.45) is 5.73 Å². The van der Waals surface area contributed by atoms with Crippen LogP contribution in [0.3, 0.4) is 0 Å². The molecule has 0 saturated carbocycles. The van der Waals surface area contributed by atoms with Gasteiger partial charge in [0.2, 0.25) is 5.91 Å². The van der Waals surface area contributed by atoms with Crippen LogP contribution in [-0.2, 0) is 4.79 Å². The topological polar surface area (TPSA) is 55.1 Å². The van der Waals surface area contributed by atoms with Gasteiger partial charge in [-0.3, -0.25) is 4.79 Å². The van der Waals surface area contributed by atoms with Crippen molar-refractivity contribution in [3.63, 3.8) is 0 Å². The molecule has 0 spiro atoms. The predicted octanol–water partition coefficient (Wildman–Crippen LogP) is 0.922. The van der Waals surface area contributed by atoms with E-state index in [9.17, 15) is 4.79 Å². The SMILES string of the molecule is CSCCCCNC(=O)CC(N)=S. The maximum absolute atomic E-state index is 11.0. The fourth-order valence-corrected chi connectivity index (χ4v) is 1.44. The zero-order valence-corrected chi connectivity index (χ0v) is 9.47. The van der Waals surface area contributed by atoms with Crippen molar-refractivity contribution in [2.45, 2.75) is 19.3 Å². The van der Waals surface area contributed by atoms with E-state index in [0.29, 0.717) is 0 Å². The van der Waals surface area contributed by atoms with Gasteiger partial charge in [-0.15, -0.1) is 0 Å². The third kappa shape index (κ3) is 9.63. The predicted molar refractivity (Wildman–Crippen MR) is 62.0 cm³/mol. The smallest absolute Gasteiger partial charge is 0.226 e. The van der Waals surface area contributed by atoms with Crippen molar-refractivity contribution in [2.75, 3.05) is 18.6 Å². The highest BCUT2D eigenvalue weighted by Gasteiger charge is 2.00. The van der Waals surface area contributed by atoms with E-state index in [0.717, 1.165) is 25.1 Å². The average molecular weight is 220 g/mol. The van der Waals surface area contributed by atoms with Crippen molar-refractivity contribution < 1.29 is 4.79 Å². The first kappa shape index (κ1) is 12.7. The molecule has 0 radical (unpaired) electrons. The normalized spacial score (nSPS) is 9.62. The number of unbranched alkanes of at least 4 members (excludes halogenated alkanes) is 1. The second kappa shape index (κ2) is 8.31. The minimum atomic E-state index is -0.0725. The molecule has 0 atom stereocenters. The van der Waals surface area contributed by atoms with E-state index in [1.807, 2.05) is 11.8 Å². The maximum atomic E-state index is 11.0. The van der Waals surface area contributed by atoms with Gasteiger partial charge in [-0.05, 0) is 24.9 Å². The number of thioether (sulfide) groups is 1. The van der Waals surface area contributed by atoms with E-state index in [1.54, 1.807) is 0 Å².